The quantitative estimate of drug-likeness (QED) is 0.830. The van der Waals surface area contributed by atoms with Crippen LogP contribution in [0.4, 0.5) is 0 Å². The summed E-state index contributed by atoms with van der Waals surface area (Å²) in [6.07, 6.45) is 4.57. The van der Waals surface area contributed by atoms with Crippen LogP contribution in [0.2, 0.25) is 0 Å². The molecule has 1 aromatic carbocycles. The number of aromatic nitrogens is 3. The molecule has 24 heavy (non-hydrogen) atoms. The third-order valence-electron chi connectivity index (χ3n) is 4.66. The van der Waals surface area contributed by atoms with Crippen LogP contribution in [-0.4, -0.2) is 50.9 Å². The molecule has 1 saturated heterocycles. The van der Waals surface area contributed by atoms with Gasteiger partial charge in [-0.05, 0) is 6.07 Å². The van der Waals surface area contributed by atoms with Crippen LogP contribution in [0.5, 0.6) is 5.75 Å². The first-order chi connectivity index (χ1) is 11.7. The van der Waals surface area contributed by atoms with Crippen molar-refractivity contribution in [3.8, 4) is 5.75 Å². The van der Waals surface area contributed by atoms with E-state index in [0.717, 1.165) is 24.2 Å². The summed E-state index contributed by atoms with van der Waals surface area (Å²) in [5, 5.41) is 4.03. The van der Waals surface area contributed by atoms with Crippen LogP contribution in [0, 0.1) is 0 Å². The fourth-order valence-corrected chi connectivity index (χ4v) is 3.34. The van der Waals surface area contributed by atoms with E-state index < -0.39 is 0 Å². The van der Waals surface area contributed by atoms with Crippen molar-refractivity contribution in [3.63, 3.8) is 0 Å². The van der Waals surface area contributed by atoms with E-state index in [1.165, 1.54) is 6.33 Å². The molecule has 7 nitrogen and oxygen atoms in total. The van der Waals surface area contributed by atoms with Gasteiger partial charge in [0.05, 0.1) is 19.8 Å². The highest BCUT2D eigenvalue weighted by Gasteiger charge is 2.40. The molecule has 2 aromatic rings. The molecule has 4 rings (SSSR count). The zero-order valence-corrected chi connectivity index (χ0v) is 13.4. The summed E-state index contributed by atoms with van der Waals surface area (Å²) in [7, 11) is 0. The number of carbonyl (C=O) groups excluding carboxylic acids is 1. The number of para-hydroxylation sites is 1. The van der Waals surface area contributed by atoms with Crippen molar-refractivity contribution in [3.05, 3.63) is 42.5 Å². The molecule has 7 heteroatoms. The van der Waals surface area contributed by atoms with Gasteiger partial charge in [0, 0.05) is 24.9 Å². The Bertz CT molecular complexity index is 710. The molecule has 2 aliphatic heterocycles. The Morgan fingerprint density at radius 3 is 2.88 bits per heavy atom. The lowest BCUT2D eigenvalue weighted by molar-refractivity contribution is -0.137. The molecule has 0 unspecified atom stereocenters. The zero-order chi connectivity index (χ0) is 16.4. The van der Waals surface area contributed by atoms with Gasteiger partial charge in [0.25, 0.3) is 0 Å². The summed E-state index contributed by atoms with van der Waals surface area (Å²) < 4.78 is 13.4. The van der Waals surface area contributed by atoms with Crippen molar-refractivity contribution in [2.24, 2.45) is 0 Å². The summed E-state index contributed by atoms with van der Waals surface area (Å²) in [6.45, 7) is 2.63. The molecule has 3 heterocycles. The number of fused-ring (bicyclic) bond motifs is 1. The van der Waals surface area contributed by atoms with Crippen LogP contribution in [0.3, 0.4) is 0 Å². The molecule has 126 valence electrons. The van der Waals surface area contributed by atoms with E-state index in [2.05, 4.69) is 10.1 Å². The highest BCUT2D eigenvalue weighted by Crippen LogP contribution is 2.35. The summed E-state index contributed by atoms with van der Waals surface area (Å²) in [5.41, 5.74) is 0.663. The third-order valence-corrected chi connectivity index (χ3v) is 4.66. The molecule has 0 N–H and O–H groups in total. The molecule has 0 atom stereocenters. The van der Waals surface area contributed by atoms with E-state index >= 15 is 0 Å². The minimum absolute atomic E-state index is 0.0201. The van der Waals surface area contributed by atoms with Crippen molar-refractivity contribution in [2.45, 2.75) is 31.5 Å². The minimum Gasteiger partial charge on any atom is -0.485 e. The summed E-state index contributed by atoms with van der Waals surface area (Å²) in [5.74, 6) is 0.891. The maximum absolute atomic E-state index is 12.8. The van der Waals surface area contributed by atoms with E-state index in [1.807, 2.05) is 29.2 Å². The fourth-order valence-electron chi connectivity index (χ4n) is 3.34. The number of hydrogen-bond acceptors (Lipinski definition) is 5. The van der Waals surface area contributed by atoms with Gasteiger partial charge in [-0.3, -0.25) is 4.79 Å². The van der Waals surface area contributed by atoms with Gasteiger partial charge in [-0.25, -0.2) is 9.67 Å². The maximum atomic E-state index is 12.8. The van der Waals surface area contributed by atoms with Crippen molar-refractivity contribution in [1.82, 2.24) is 19.7 Å². The second-order valence-electron chi connectivity index (χ2n) is 6.35. The van der Waals surface area contributed by atoms with Crippen molar-refractivity contribution in [1.29, 1.82) is 0 Å². The fraction of sp³-hybridized carbons (Fsp3) is 0.471. The monoisotopic (exact) mass is 328 g/mol. The first-order valence-corrected chi connectivity index (χ1v) is 8.19. The van der Waals surface area contributed by atoms with Gasteiger partial charge in [-0.1, -0.05) is 18.2 Å². The van der Waals surface area contributed by atoms with Crippen molar-refractivity contribution >= 4 is 5.91 Å². The molecule has 0 aliphatic carbocycles. The Labute approximate surface area is 140 Å². The number of nitrogens with zero attached hydrogens (tertiary/aromatic N) is 4. The standard InChI is InChI=1S/C17H20N4O3/c22-16(10-21-13-18-12-19-21)20-9-14-3-1-2-4-15(14)24-17(11-20)5-7-23-8-6-17/h1-4,12-13H,5-11H2. The molecule has 1 amide bonds. The van der Waals surface area contributed by atoms with Crippen molar-refractivity contribution < 1.29 is 14.3 Å². The average Bonchev–Trinajstić information content (AvgIpc) is 3.04. The molecular weight excluding hydrogens is 308 g/mol. The maximum Gasteiger partial charge on any atom is 0.244 e. The summed E-state index contributed by atoms with van der Waals surface area (Å²) in [4.78, 5) is 18.6. The largest absolute Gasteiger partial charge is 0.485 e. The summed E-state index contributed by atoms with van der Waals surface area (Å²) >= 11 is 0. The van der Waals surface area contributed by atoms with Crippen LogP contribution < -0.4 is 4.74 Å². The van der Waals surface area contributed by atoms with E-state index in [9.17, 15) is 4.79 Å². The number of ether oxygens (including phenoxy) is 2. The van der Waals surface area contributed by atoms with Crippen LogP contribution in [-0.2, 0) is 22.6 Å². The molecule has 0 radical (unpaired) electrons. The third kappa shape index (κ3) is 2.99. The Balaban J connectivity index is 1.62. The minimum atomic E-state index is -0.372. The highest BCUT2D eigenvalue weighted by atomic mass is 16.5. The molecule has 1 aromatic heterocycles. The lowest BCUT2D eigenvalue weighted by atomic mass is 9.93. The number of rotatable bonds is 2. The highest BCUT2D eigenvalue weighted by molar-refractivity contribution is 5.76. The predicted octanol–water partition coefficient (Wildman–Crippen LogP) is 1.25. The normalized spacial score (nSPS) is 19.4. The van der Waals surface area contributed by atoms with Gasteiger partial charge in [0.2, 0.25) is 5.91 Å². The van der Waals surface area contributed by atoms with E-state index in [1.54, 1.807) is 11.0 Å². The van der Waals surface area contributed by atoms with Gasteiger partial charge in [-0.2, -0.15) is 5.10 Å². The number of amides is 1. The van der Waals surface area contributed by atoms with Gasteiger partial charge in [0.1, 0.15) is 30.5 Å². The predicted molar refractivity (Wildman–Crippen MR) is 85.3 cm³/mol. The molecule has 1 spiro atoms. The van der Waals surface area contributed by atoms with E-state index in [4.69, 9.17) is 9.47 Å². The first kappa shape index (κ1) is 15.1. The van der Waals surface area contributed by atoms with Crippen LogP contribution in [0.15, 0.2) is 36.9 Å². The van der Waals surface area contributed by atoms with Gasteiger partial charge < -0.3 is 14.4 Å². The van der Waals surface area contributed by atoms with Gasteiger partial charge in [-0.15, -0.1) is 0 Å². The lowest BCUT2D eigenvalue weighted by Gasteiger charge is -2.38. The molecule has 2 aliphatic rings. The van der Waals surface area contributed by atoms with Gasteiger partial charge in [0.15, 0.2) is 0 Å². The number of hydrogen-bond donors (Lipinski definition) is 0. The molecule has 1 fully saturated rings. The number of carbonyl (C=O) groups is 1. The molecular formula is C17H20N4O3. The first-order valence-electron chi connectivity index (χ1n) is 8.19. The van der Waals surface area contributed by atoms with Crippen LogP contribution >= 0.6 is 0 Å². The Morgan fingerprint density at radius 2 is 2.08 bits per heavy atom. The second-order valence-corrected chi connectivity index (χ2v) is 6.35. The lowest BCUT2D eigenvalue weighted by Crippen LogP contribution is -2.51. The van der Waals surface area contributed by atoms with Gasteiger partial charge >= 0.3 is 0 Å². The Hall–Kier alpha value is -2.41. The smallest absolute Gasteiger partial charge is 0.244 e. The van der Waals surface area contributed by atoms with Crippen LogP contribution in [0.1, 0.15) is 18.4 Å². The molecule has 0 bridgehead atoms. The SMILES string of the molecule is O=C(Cn1cncn1)N1Cc2ccccc2OC2(CCOCC2)C1. The Kier molecular flexibility index (Phi) is 3.93. The Morgan fingerprint density at radius 1 is 1.25 bits per heavy atom. The number of benzene rings is 1. The van der Waals surface area contributed by atoms with E-state index in [-0.39, 0.29) is 18.1 Å². The topological polar surface area (TPSA) is 69.5 Å². The zero-order valence-electron chi connectivity index (χ0n) is 13.4. The van der Waals surface area contributed by atoms with Crippen LogP contribution in [0.25, 0.3) is 0 Å². The molecule has 0 saturated carbocycles. The second kappa shape index (κ2) is 6.24. The van der Waals surface area contributed by atoms with E-state index in [0.29, 0.717) is 26.3 Å². The van der Waals surface area contributed by atoms with Crippen molar-refractivity contribution in [2.75, 3.05) is 19.8 Å². The average molecular weight is 328 g/mol. The summed E-state index contributed by atoms with van der Waals surface area (Å²) in [6, 6.07) is 7.95.